The molecule has 0 radical (unpaired) electrons. The maximum absolute atomic E-state index is 14.4. The number of carbonyl (C=O) groups is 1. The van der Waals surface area contributed by atoms with Crippen molar-refractivity contribution in [3.63, 3.8) is 0 Å². The van der Waals surface area contributed by atoms with Gasteiger partial charge in [-0.3, -0.25) is 4.79 Å². The van der Waals surface area contributed by atoms with Gasteiger partial charge in [0.25, 0.3) is 0 Å². The van der Waals surface area contributed by atoms with Crippen molar-refractivity contribution < 1.29 is 23.4 Å². The summed E-state index contributed by atoms with van der Waals surface area (Å²) in [5.74, 6) is 1.55. The third kappa shape index (κ3) is 4.27. The largest absolute Gasteiger partial charge is 0.497 e. The second-order valence-corrected chi connectivity index (χ2v) is 9.32. The standard InChI is InChI=1S/C29H29FO4/c1-17(29(31)33-3)28(20-8-9-20)22-11-10-21-14-26(34-27(21)15-22)19-6-4-18(5-7-19)24-16-23(32-2)12-13-25(24)30/h4-7,10-13,15-17,20,26,28H,8-9,14H2,1-3H3/t17-,26+,28-/m0/s1. The predicted octanol–water partition coefficient (Wildman–Crippen LogP) is 6.48. The Labute approximate surface area is 199 Å². The molecule has 1 heterocycles. The second-order valence-electron chi connectivity index (χ2n) is 9.32. The van der Waals surface area contributed by atoms with E-state index in [1.165, 1.54) is 13.2 Å². The number of ether oxygens (including phenoxy) is 3. The molecule has 0 saturated heterocycles. The first kappa shape index (κ1) is 22.5. The van der Waals surface area contributed by atoms with Crippen LogP contribution in [-0.2, 0) is 16.0 Å². The highest BCUT2D eigenvalue weighted by atomic mass is 19.1. The molecule has 2 aliphatic rings. The molecule has 0 bridgehead atoms. The van der Waals surface area contributed by atoms with Crippen molar-refractivity contribution in [1.29, 1.82) is 0 Å². The van der Waals surface area contributed by atoms with E-state index in [2.05, 4.69) is 18.2 Å². The minimum atomic E-state index is -0.281. The van der Waals surface area contributed by atoms with Gasteiger partial charge in [0.15, 0.2) is 0 Å². The predicted molar refractivity (Wildman–Crippen MR) is 129 cm³/mol. The fourth-order valence-corrected chi connectivity index (χ4v) is 5.12. The highest BCUT2D eigenvalue weighted by molar-refractivity contribution is 5.73. The topological polar surface area (TPSA) is 44.8 Å². The van der Waals surface area contributed by atoms with Crippen LogP contribution in [0.4, 0.5) is 4.39 Å². The Balaban J connectivity index is 1.35. The van der Waals surface area contributed by atoms with Crippen molar-refractivity contribution in [2.75, 3.05) is 14.2 Å². The number of fused-ring (bicyclic) bond motifs is 1. The van der Waals surface area contributed by atoms with Crippen molar-refractivity contribution in [3.05, 3.63) is 83.2 Å². The molecule has 0 aromatic heterocycles. The summed E-state index contributed by atoms with van der Waals surface area (Å²) in [6.07, 6.45) is 2.98. The maximum atomic E-state index is 14.4. The highest BCUT2D eigenvalue weighted by Crippen LogP contribution is 2.49. The lowest BCUT2D eigenvalue weighted by molar-refractivity contribution is -0.145. The van der Waals surface area contributed by atoms with E-state index >= 15 is 0 Å². The quantitative estimate of drug-likeness (QED) is 0.379. The number of hydrogen-bond acceptors (Lipinski definition) is 4. The summed E-state index contributed by atoms with van der Waals surface area (Å²) in [7, 11) is 3.02. The fourth-order valence-electron chi connectivity index (χ4n) is 5.12. The summed E-state index contributed by atoms with van der Waals surface area (Å²) < 4.78 is 31.0. The zero-order valence-corrected chi connectivity index (χ0v) is 19.7. The summed E-state index contributed by atoms with van der Waals surface area (Å²) in [5, 5.41) is 0. The first-order chi connectivity index (χ1) is 16.5. The molecule has 34 heavy (non-hydrogen) atoms. The lowest BCUT2D eigenvalue weighted by Gasteiger charge is -2.23. The minimum Gasteiger partial charge on any atom is -0.497 e. The molecule has 1 saturated carbocycles. The van der Waals surface area contributed by atoms with Gasteiger partial charge in [-0.05, 0) is 71.2 Å². The molecule has 5 rings (SSSR count). The van der Waals surface area contributed by atoms with E-state index in [1.54, 1.807) is 19.2 Å². The van der Waals surface area contributed by atoms with Crippen LogP contribution < -0.4 is 9.47 Å². The molecule has 1 aliphatic heterocycles. The Hall–Kier alpha value is -3.34. The minimum absolute atomic E-state index is 0.0909. The number of methoxy groups -OCH3 is 2. The smallest absolute Gasteiger partial charge is 0.309 e. The van der Waals surface area contributed by atoms with E-state index in [-0.39, 0.29) is 29.7 Å². The van der Waals surface area contributed by atoms with Gasteiger partial charge in [-0.25, -0.2) is 4.39 Å². The molecule has 0 N–H and O–H groups in total. The third-order valence-corrected chi connectivity index (χ3v) is 7.16. The molecule has 0 spiro atoms. The molecule has 3 aromatic carbocycles. The van der Waals surface area contributed by atoms with E-state index < -0.39 is 0 Å². The van der Waals surface area contributed by atoms with Crippen LogP contribution in [0.5, 0.6) is 11.5 Å². The summed E-state index contributed by atoms with van der Waals surface area (Å²) in [4.78, 5) is 12.2. The molecule has 1 aliphatic carbocycles. The van der Waals surface area contributed by atoms with E-state index in [4.69, 9.17) is 14.2 Å². The number of esters is 1. The van der Waals surface area contributed by atoms with Gasteiger partial charge >= 0.3 is 5.97 Å². The summed E-state index contributed by atoms with van der Waals surface area (Å²) in [6.45, 7) is 1.96. The zero-order chi connectivity index (χ0) is 23.8. The molecule has 5 heteroatoms. The molecule has 0 amide bonds. The lowest BCUT2D eigenvalue weighted by Crippen LogP contribution is -2.22. The van der Waals surface area contributed by atoms with Gasteiger partial charge < -0.3 is 14.2 Å². The van der Waals surface area contributed by atoms with Gasteiger partial charge in [0.1, 0.15) is 23.4 Å². The molecule has 3 atom stereocenters. The number of benzene rings is 3. The van der Waals surface area contributed by atoms with Crippen molar-refractivity contribution >= 4 is 5.97 Å². The molecule has 176 valence electrons. The zero-order valence-electron chi connectivity index (χ0n) is 19.7. The lowest BCUT2D eigenvalue weighted by atomic mass is 9.83. The normalized spacial score (nSPS) is 18.5. The van der Waals surface area contributed by atoms with Crippen LogP contribution in [0.3, 0.4) is 0 Å². The number of hydrogen-bond donors (Lipinski definition) is 0. The van der Waals surface area contributed by atoms with Crippen molar-refractivity contribution in [3.8, 4) is 22.6 Å². The van der Waals surface area contributed by atoms with Crippen LogP contribution in [0.15, 0.2) is 60.7 Å². The molecule has 4 nitrogen and oxygen atoms in total. The molecule has 3 aromatic rings. The van der Waals surface area contributed by atoms with E-state index in [9.17, 15) is 9.18 Å². The summed E-state index contributed by atoms with van der Waals surface area (Å²) in [6, 6.07) is 19.0. The first-order valence-corrected chi connectivity index (χ1v) is 11.8. The Bertz CT molecular complexity index is 1200. The average Bonchev–Trinajstić information content (AvgIpc) is 3.61. The van der Waals surface area contributed by atoms with E-state index in [0.717, 1.165) is 47.3 Å². The second kappa shape index (κ2) is 9.13. The van der Waals surface area contributed by atoms with Crippen LogP contribution in [0.25, 0.3) is 11.1 Å². The average molecular weight is 461 g/mol. The molecular formula is C29H29FO4. The number of halogens is 1. The molecular weight excluding hydrogens is 431 g/mol. The van der Waals surface area contributed by atoms with Crippen LogP contribution in [0, 0.1) is 17.7 Å². The molecule has 1 fully saturated rings. The highest BCUT2D eigenvalue weighted by Gasteiger charge is 2.39. The third-order valence-electron chi connectivity index (χ3n) is 7.16. The summed E-state index contributed by atoms with van der Waals surface area (Å²) >= 11 is 0. The number of carbonyl (C=O) groups excluding carboxylic acids is 1. The van der Waals surface area contributed by atoms with Crippen LogP contribution in [0.2, 0.25) is 0 Å². The van der Waals surface area contributed by atoms with Crippen LogP contribution in [0.1, 0.15) is 48.5 Å². The van der Waals surface area contributed by atoms with Gasteiger partial charge in [-0.1, -0.05) is 43.3 Å². The van der Waals surface area contributed by atoms with Gasteiger partial charge in [-0.2, -0.15) is 0 Å². The van der Waals surface area contributed by atoms with Crippen molar-refractivity contribution in [2.24, 2.45) is 11.8 Å². The summed E-state index contributed by atoms with van der Waals surface area (Å²) in [5.41, 5.74) is 4.66. The van der Waals surface area contributed by atoms with Gasteiger partial charge in [-0.15, -0.1) is 0 Å². The monoisotopic (exact) mass is 460 g/mol. The van der Waals surface area contributed by atoms with Crippen molar-refractivity contribution in [1.82, 2.24) is 0 Å². The van der Waals surface area contributed by atoms with Gasteiger partial charge in [0.05, 0.1) is 20.1 Å². The maximum Gasteiger partial charge on any atom is 0.309 e. The van der Waals surface area contributed by atoms with Crippen molar-refractivity contribution in [2.45, 2.75) is 38.2 Å². The Morgan fingerprint density at radius 2 is 1.79 bits per heavy atom. The number of rotatable bonds is 7. The fraction of sp³-hybridized carbons (Fsp3) is 0.345. The first-order valence-electron chi connectivity index (χ1n) is 11.8. The van der Waals surface area contributed by atoms with Gasteiger partial charge in [0.2, 0.25) is 0 Å². The van der Waals surface area contributed by atoms with Crippen LogP contribution in [-0.4, -0.2) is 20.2 Å². The Kier molecular flexibility index (Phi) is 6.03. The Morgan fingerprint density at radius 1 is 1.03 bits per heavy atom. The van der Waals surface area contributed by atoms with E-state index in [0.29, 0.717) is 17.2 Å². The van der Waals surface area contributed by atoms with Gasteiger partial charge in [0, 0.05) is 12.0 Å². The Morgan fingerprint density at radius 3 is 2.47 bits per heavy atom. The SMILES string of the molecule is COC(=O)[C@@H](C)[C@H](c1ccc2c(c1)O[C@@H](c1ccc(-c3cc(OC)ccc3F)cc1)C2)C1CC1. The van der Waals surface area contributed by atoms with Crippen LogP contribution >= 0.6 is 0 Å². The molecule has 0 unspecified atom stereocenters. The van der Waals surface area contributed by atoms with E-state index in [1.807, 2.05) is 31.2 Å².